The molecule has 0 saturated heterocycles. The third-order valence-electron chi connectivity index (χ3n) is 1.94. The molecular formula is C11H23BrO. The predicted molar refractivity (Wildman–Crippen MR) is 62.4 cm³/mol. The van der Waals surface area contributed by atoms with Crippen molar-refractivity contribution in [2.24, 2.45) is 11.8 Å². The Kier molecular flexibility index (Phi) is 8.07. The van der Waals surface area contributed by atoms with Gasteiger partial charge in [0.2, 0.25) is 0 Å². The van der Waals surface area contributed by atoms with Gasteiger partial charge < -0.3 is 4.74 Å². The molecule has 13 heavy (non-hydrogen) atoms. The third kappa shape index (κ3) is 8.76. The predicted octanol–water partition coefficient (Wildman–Crippen LogP) is 3.86. The molecule has 0 heterocycles. The smallest absolute Gasteiger partial charge is 0.0488 e. The maximum absolute atomic E-state index is 5.50. The zero-order chi connectivity index (χ0) is 10.3. The summed E-state index contributed by atoms with van der Waals surface area (Å²) in [6, 6.07) is 0. The lowest BCUT2D eigenvalue weighted by Gasteiger charge is -2.13. The van der Waals surface area contributed by atoms with Crippen molar-refractivity contribution < 1.29 is 4.74 Å². The van der Waals surface area contributed by atoms with Gasteiger partial charge in [0.1, 0.15) is 0 Å². The molecule has 0 aromatic carbocycles. The molecule has 0 aliphatic rings. The Morgan fingerprint density at radius 2 is 1.77 bits per heavy atom. The van der Waals surface area contributed by atoms with Crippen molar-refractivity contribution in [1.29, 1.82) is 0 Å². The maximum atomic E-state index is 5.50. The summed E-state index contributed by atoms with van der Waals surface area (Å²) in [5, 5.41) is 0. The van der Waals surface area contributed by atoms with E-state index in [1.165, 1.54) is 12.8 Å². The van der Waals surface area contributed by atoms with E-state index < -0.39 is 0 Å². The summed E-state index contributed by atoms with van der Waals surface area (Å²) in [6.45, 7) is 10.7. The Morgan fingerprint density at radius 1 is 1.15 bits per heavy atom. The van der Waals surface area contributed by atoms with Crippen LogP contribution in [0.4, 0.5) is 0 Å². The summed E-state index contributed by atoms with van der Waals surface area (Å²) in [7, 11) is 0. The molecule has 0 aromatic rings. The van der Waals surface area contributed by atoms with Crippen LogP contribution in [0.15, 0.2) is 0 Å². The summed E-state index contributed by atoms with van der Waals surface area (Å²) in [4.78, 5) is 0.648. The normalized spacial score (nSPS) is 14.1. The number of halogens is 1. The first-order valence-electron chi connectivity index (χ1n) is 5.25. The SMILES string of the molecule is CC(C)COCCCC(Br)C(C)C. The molecule has 1 nitrogen and oxygen atoms in total. The van der Waals surface area contributed by atoms with Crippen molar-refractivity contribution in [2.45, 2.75) is 45.4 Å². The highest BCUT2D eigenvalue weighted by Gasteiger charge is 2.07. The van der Waals surface area contributed by atoms with E-state index in [9.17, 15) is 0 Å². The van der Waals surface area contributed by atoms with E-state index in [-0.39, 0.29) is 0 Å². The highest BCUT2D eigenvalue weighted by molar-refractivity contribution is 9.09. The third-order valence-corrected chi connectivity index (χ3v) is 3.46. The van der Waals surface area contributed by atoms with Crippen LogP contribution in [0.2, 0.25) is 0 Å². The van der Waals surface area contributed by atoms with Crippen LogP contribution >= 0.6 is 15.9 Å². The molecule has 0 saturated carbocycles. The van der Waals surface area contributed by atoms with Crippen molar-refractivity contribution in [3.05, 3.63) is 0 Å². The van der Waals surface area contributed by atoms with Gasteiger partial charge in [-0.05, 0) is 24.7 Å². The Bertz CT molecular complexity index is 113. The first-order chi connectivity index (χ1) is 6.04. The monoisotopic (exact) mass is 250 g/mol. The lowest BCUT2D eigenvalue weighted by molar-refractivity contribution is 0.106. The quantitative estimate of drug-likeness (QED) is 0.493. The molecule has 0 radical (unpaired) electrons. The van der Waals surface area contributed by atoms with Crippen LogP contribution in [0, 0.1) is 11.8 Å². The van der Waals surface area contributed by atoms with E-state index in [0.29, 0.717) is 10.7 Å². The Balaban J connectivity index is 3.16. The topological polar surface area (TPSA) is 9.23 Å². The second kappa shape index (κ2) is 7.81. The van der Waals surface area contributed by atoms with E-state index in [2.05, 4.69) is 43.6 Å². The van der Waals surface area contributed by atoms with Gasteiger partial charge in [-0.25, -0.2) is 0 Å². The number of hydrogen-bond acceptors (Lipinski definition) is 1. The molecule has 0 fully saturated rings. The molecule has 1 atom stereocenters. The second-order valence-electron chi connectivity index (χ2n) is 4.37. The molecule has 1 unspecified atom stereocenters. The molecule has 0 bridgehead atoms. The Labute approximate surface area is 91.4 Å². The molecule has 0 aromatic heterocycles. The van der Waals surface area contributed by atoms with E-state index >= 15 is 0 Å². The minimum Gasteiger partial charge on any atom is -0.381 e. The maximum Gasteiger partial charge on any atom is 0.0488 e. The fourth-order valence-electron chi connectivity index (χ4n) is 1.03. The lowest BCUT2D eigenvalue weighted by atomic mass is 10.1. The van der Waals surface area contributed by atoms with Crippen molar-refractivity contribution in [3.8, 4) is 0 Å². The van der Waals surface area contributed by atoms with Gasteiger partial charge in [-0.3, -0.25) is 0 Å². The van der Waals surface area contributed by atoms with Crippen LogP contribution < -0.4 is 0 Å². The van der Waals surface area contributed by atoms with E-state index in [0.717, 1.165) is 19.1 Å². The van der Waals surface area contributed by atoms with Gasteiger partial charge in [0.25, 0.3) is 0 Å². The number of alkyl halides is 1. The summed E-state index contributed by atoms with van der Waals surface area (Å²) < 4.78 is 5.50. The number of ether oxygens (including phenoxy) is 1. The zero-order valence-corrected chi connectivity index (χ0v) is 10.9. The van der Waals surface area contributed by atoms with Crippen LogP contribution in [0.3, 0.4) is 0 Å². The molecule has 0 aliphatic heterocycles. The van der Waals surface area contributed by atoms with Crippen LogP contribution in [0.5, 0.6) is 0 Å². The van der Waals surface area contributed by atoms with Gasteiger partial charge in [-0.1, -0.05) is 43.6 Å². The van der Waals surface area contributed by atoms with Crippen molar-refractivity contribution in [2.75, 3.05) is 13.2 Å². The van der Waals surface area contributed by atoms with Gasteiger partial charge in [-0.15, -0.1) is 0 Å². The van der Waals surface area contributed by atoms with Crippen molar-refractivity contribution in [3.63, 3.8) is 0 Å². The van der Waals surface area contributed by atoms with Gasteiger partial charge >= 0.3 is 0 Å². The average Bonchev–Trinajstić information content (AvgIpc) is 2.02. The molecule has 0 amide bonds. The molecule has 0 spiro atoms. The molecule has 0 rings (SSSR count). The van der Waals surface area contributed by atoms with Gasteiger partial charge in [-0.2, -0.15) is 0 Å². The zero-order valence-electron chi connectivity index (χ0n) is 9.35. The largest absolute Gasteiger partial charge is 0.381 e. The van der Waals surface area contributed by atoms with Crippen LogP contribution in [-0.4, -0.2) is 18.0 Å². The highest BCUT2D eigenvalue weighted by atomic mass is 79.9. The molecule has 0 aliphatic carbocycles. The van der Waals surface area contributed by atoms with E-state index in [1.54, 1.807) is 0 Å². The van der Waals surface area contributed by atoms with Gasteiger partial charge in [0, 0.05) is 18.0 Å². The van der Waals surface area contributed by atoms with Crippen LogP contribution in [0.25, 0.3) is 0 Å². The van der Waals surface area contributed by atoms with Crippen molar-refractivity contribution in [1.82, 2.24) is 0 Å². The standard InChI is InChI=1S/C11H23BrO/c1-9(2)8-13-7-5-6-11(12)10(3)4/h9-11H,5-8H2,1-4H3. The summed E-state index contributed by atoms with van der Waals surface area (Å²) in [6.07, 6.45) is 2.39. The molecule has 2 heteroatoms. The Morgan fingerprint density at radius 3 is 2.23 bits per heavy atom. The van der Waals surface area contributed by atoms with Gasteiger partial charge in [0.05, 0.1) is 0 Å². The Hall–Kier alpha value is 0.440. The second-order valence-corrected chi connectivity index (χ2v) is 5.55. The fourth-order valence-corrected chi connectivity index (χ4v) is 1.36. The minimum absolute atomic E-state index is 0.648. The fraction of sp³-hybridized carbons (Fsp3) is 1.00. The minimum atomic E-state index is 0.648. The lowest BCUT2D eigenvalue weighted by Crippen LogP contribution is -2.09. The van der Waals surface area contributed by atoms with E-state index in [4.69, 9.17) is 4.74 Å². The molecule has 0 N–H and O–H groups in total. The number of rotatable bonds is 7. The van der Waals surface area contributed by atoms with Gasteiger partial charge in [0.15, 0.2) is 0 Å². The summed E-state index contributed by atoms with van der Waals surface area (Å²) in [5.74, 6) is 1.38. The molecular weight excluding hydrogens is 228 g/mol. The summed E-state index contributed by atoms with van der Waals surface area (Å²) in [5.41, 5.74) is 0. The van der Waals surface area contributed by atoms with Crippen LogP contribution in [-0.2, 0) is 4.74 Å². The first-order valence-corrected chi connectivity index (χ1v) is 6.17. The average molecular weight is 251 g/mol. The van der Waals surface area contributed by atoms with Crippen LogP contribution in [0.1, 0.15) is 40.5 Å². The molecule has 80 valence electrons. The number of hydrogen-bond donors (Lipinski definition) is 0. The first kappa shape index (κ1) is 13.4. The van der Waals surface area contributed by atoms with Crippen molar-refractivity contribution >= 4 is 15.9 Å². The summed E-state index contributed by atoms with van der Waals surface area (Å²) >= 11 is 3.67. The highest BCUT2D eigenvalue weighted by Crippen LogP contribution is 2.17. The van der Waals surface area contributed by atoms with E-state index in [1.807, 2.05) is 0 Å².